The average molecular weight is 764 g/mol. The highest BCUT2D eigenvalue weighted by molar-refractivity contribution is 6.91. The van der Waals surface area contributed by atoms with Gasteiger partial charge in [-0.05, 0) is 41.4 Å². The van der Waals surface area contributed by atoms with E-state index in [0.29, 0.717) is 17.0 Å². The van der Waals surface area contributed by atoms with Crippen molar-refractivity contribution >= 4 is 42.4 Å². The minimum absolute atomic E-state index is 0.0493. The number of carbonyl (C=O) groups excluding carboxylic acids is 3. The molecule has 3 aliphatic heterocycles. The highest BCUT2D eigenvalue weighted by Crippen LogP contribution is 2.60. The molecule has 3 aromatic carbocycles. The number of nitrogens with zero attached hydrogens (tertiary/aromatic N) is 2. The lowest BCUT2D eigenvalue weighted by molar-refractivity contribution is -0.274. The van der Waals surface area contributed by atoms with Crippen molar-refractivity contribution in [2.75, 3.05) is 37.5 Å². The number of likely N-dealkylation sites (N-methyl/N-ethyl adjacent to an activating group) is 1. The van der Waals surface area contributed by atoms with Crippen molar-refractivity contribution in [2.24, 2.45) is 5.92 Å². The molecular formula is C39H49N3O11Si. The number of hydrogen-bond acceptors (Lipinski definition) is 11. The number of aliphatic hydroxyl groups is 5. The van der Waals surface area contributed by atoms with E-state index in [0.717, 1.165) is 10.8 Å². The highest BCUT2D eigenvalue weighted by Gasteiger charge is 2.66. The first kappa shape index (κ1) is 39.5. The van der Waals surface area contributed by atoms with E-state index in [1.165, 1.54) is 4.90 Å². The summed E-state index contributed by atoms with van der Waals surface area (Å²) in [6.45, 7) is 6.53. The van der Waals surface area contributed by atoms with Gasteiger partial charge in [0, 0.05) is 37.3 Å². The molecule has 1 spiro atoms. The van der Waals surface area contributed by atoms with E-state index in [2.05, 4.69) is 18.4 Å². The predicted molar refractivity (Wildman–Crippen MR) is 201 cm³/mol. The van der Waals surface area contributed by atoms with Crippen LogP contribution in [0.3, 0.4) is 0 Å². The van der Waals surface area contributed by atoms with Gasteiger partial charge in [-0.15, -0.1) is 0 Å². The molecule has 0 saturated carbocycles. The molecule has 3 aliphatic rings. The zero-order valence-electron chi connectivity index (χ0n) is 31.0. The zero-order valence-corrected chi connectivity index (χ0v) is 32.0. The van der Waals surface area contributed by atoms with Crippen molar-refractivity contribution in [1.82, 2.24) is 4.90 Å². The average Bonchev–Trinajstić information content (AvgIpc) is 3.57. The van der Waals surface area contributed by atoms with Gasteiger partial charge in [-0.3, -0.25) is 14.4 Å². The second-order valence-electron chi connectivity index (χ2n) is 14.9. The number of nitrogens with one attached hydrogen (secondary N) is 1. The van der Waals surface area contributed by atoms with Crippen LogP contribution in [0.5, 0.6) is 5.75 Å². The Morgan fingerprint density at radius 3 is 2.31 bits per heavy atom. The summed E-state index contributed by atoms with van der Waals surface area (Å²) in [5.41, 5.74) is 0.344. The first-order chi connectivity index (χ1) is 25.6. The van der Waals surface area contributed by atoms with E-state index in [4.69, 9.17) is 14.2 Å². The van der Waals surface area contributed by atoms with Crippen molar-refractivity contribution in [3.05, 3.63) is 83.9 Å². The van der Waals surface area contributed by atoms with Crippen LogP contribution >= 0.6 is 0 Å². The Bertz CT molecular complexity index is 1850. The van der Waals surface area contributed by atoms with Crippen LogP contribution in [0.4, 0.5) is 11.4 Å². The third kappa shape index (κ3) is 6.94. The lowest BCUT2D eigenvalue weighted by atomic mass is 9.82. The molecule has 0 aliphatic carbocycles. The summed E-state index contributed by atoms with van der Waals surface area (Å²) in [4.78, 5) is 45.2. The number of ether oxygens (including phenoxy) is 3. The number of benzene rings is 3. The quantitative estimate of drug-likeness (QED) is 0.153. The number of carbonyl (C=O) groups is 3. The Labute approximate surface area is 314 Å². The minimum Gasteiger partial charge on any atom is -0.497 e. The third-order valence-corrected chi connectivity index (χ3v) is 15.8. The second-order valence-corrected chi connectivity index (χ2v) is 19.6. The number of hydrogen-bond donors (Lipinski definition) is 6. The molecule has 15 heteroatoms. The molecule has 290 valence electrons. The molecule has 0 radical (unpaired) electrons. The SMILES string of the molecule is COc1ccc([Si](C)(C)[C@H]2[C@H](CC(=O)N(CCO)Cc3ccccc3)O[C@@]3(C(=O)N(C)c4ccc(NC(=O)[C@H]5O[C@@H](O)[C@H](O)[C@@H](O)[C@@H]5O)cc43)[C@@H]2C)cc1. The molecule has 0 unspecified atom stereocenters. The van der Waals surface area contributed by atoms with Gasteiger partial charge in [0.15, 0.2) is 18.0 Å². The smallest absolute Gasteiger partial charge is 0.264 e. The van der Waals surface area contributed by atoms with Crippen LogP contribution in [0.1, 0.15) is 24.5 Å². The summed E-state index contributed by atoms with van der Waals surface area (Å²) in [6.07, 6.45) is -9.84. The van der Waals surface area contributed by atoms with Gasteiger partial charge < -0.3 is 54.9 Å². The number of amides is 3. The van der Waals surface area contributed by atoms with E-state index >= 15 is 0 Å². The van der Waals surface area contributed by atoms with Gasteiger partial charge in [0.2, 0.25) is 5.91 Å². The summed E-state index contributed by atoms with van der Waals surface area (Å²) in [5, 5.41) is 54.2. The van der Waals surface area contributed by atoms with E-state index in [9.17, 15) is 39.9 Å². The van der Waals surface area contributed by atoms with Gasteiger partial charge in [0.1, 0.15) is 24.1 Å². The molecule has 9 atom stereocenters. The first-order valence-corrected chi connectivity index (χ1v) is 21.1. The Morgan fingerprint density at radius 2 is 1.67 bits per heavy atom. The molecule has 3 heterocycles. The second kappa shape index (κ2) is 15.5. The lowest BCUT2D eigenvalue weighted by Crippen LogP contribution is -2.60. The fourth-order valence-corrected chi connectivity index (χ4v) is 12.5. The normalized spacial score (nSPS) is 29.3. The Balaban J connectivity index is 1.38. The topological polar surface area (TPSA) is 199 Å². The van der Waals surface area contributed by atoms with Crippen LogP contribution in [0, 0.1) is 5.92 Å². The van der Waals surface area contributed by atoms with Crippen molar-refractivity contribution in [3.8, 4) is 5.75 Å². The number of methoxy groups -OCH3 is 1. The van der Waals surface area contributed by atoms with Gasteiger partial charge in [-0.1, -0.05) is 67.7 Å². The number of aliphatic hydroxyl groups excluding tert-OH is 5. The fourth-order valence-electron chi connectivity index (χ4n) is 8.51. The maximum Gasteiger partial charge on any atom is 0.264 e. The van der Waals surface area contributed by atoms with Crippen LogP contribution in [-0.2, 0) is 36.0 Å². The Morgan fingerprint density at radius 1 is 0.981 bits per heavy atom. The van der Waals surface area contributed by atoms with Crippen LogP contribution in [0.15, 0.2) is 72.8 Å². The van der Waals surface area contributed by atoms with Crippen molar-refractivity contribution in [2.45, 2.75) is 80.9 Å². The molecule has 3 amide bonds. The van der Waals surface area contributed by atoms with Crippen molar-refractivity contribution < 1.29 is 54.1 Å². The zero-order chi connectivity index (χ0) is 39.1. The van der Waals surface area contributed by atoms with Gasteiger partial charge >= 0.3 is 0 Å². The van der Waals surface area contributed by atoms with E-state index in [1.807, 2.05) is 61.5 Å². The van der Waals surface area contributed by atoms with Gasteiger partial charge in [-0.25, -0.2) is 0 Å². The summed E-state index contributed by atoms with van der Waals surface area (Å²) in [6, 6.07) is 22.2. The Hall–Kier alpha value is -4.19. The summed E-state index contributed by atoms with van der Waals surface area (Å²) >= 11 is 0. The molecule has 0 bridgehead atoms. The van der Waals surface area contributed by atoms with Gasteiger partial charge in [0.05, 0.1) is 40.0 Å². The molecule has 0 aromatic heterocycles. The maximum atomic E-state index is 14.6. The van der Waals surface area contributed by atoms with Crippen LogP contribution in [-0.4, -0.2) is 120 Å². The third-order valence-electron chi connectivity index (χ3n) is 11.4. The summed E-state index contributed by atoms with van der Waals surface area (Å²) in [5.74, 6) is -1.21. The van der Waals surface area contributed by atoms with Gasteiger partial charge in [0.25, 0.3) is 11.8 Å². The molecule has 14 nitrogen and oxygen atoms in total. The first-order valence-electron chi connectivity index (χ1n) is 18.0. The monoisotopic (exact) mass is 763 g/mol. The van der Waals surface area contributed by atoms with Crippen LogP contribution in [0.25, 0.3) is 0 Å². The van der Waals surface area contributed by atoms with Gasteiger partial charge in [-0.2, -0.15) is 0 Å². The molecule has 2 saturated heterocycles. The predicted octanol–water partition coefficient (Wildman–Crippen LogP) is 1.04. The van der Waals surface area contributed by atoms with Crippen molar-refractivity contribution in [1.29, 1.82) is 0 Å². The molecular weight excluding hydrogens is 715 g/mol. The number of fused-ring (bicyclic) bond motifs is 2. The molecule has 3 aromatic rings. The molecule has 6 rings (SSSR count). The van der Waals surface area contributed by atoms with E-state index in [-0.39, 0.29) is 49.2 Å². The maximum absolute atomic E-state index is 14.6. The minimum atomic E-state index is -2.61. The van der Waals surface area contributed by atoms with Crippen LogP contribution < -0.4 is 20.1 Å². The van der Waals surface area contributed by atoms with E-state index in [1.54, 1.807) is 37.3 Å². The number of anilines is 2. The largest absolute Gasteiger partial charge is 0.497 e. The fraction of sp³-hybridized carbons (Fsp3) is 0.462. The molecule has 2 fully saturated rings. The summed E-state index contributed by atoms with van der Waals surface area (Å²) in [7, 11) is 0.633. The summed E-state index contributed by atoms with van der Waals surface area (Å²) < 4.78 is 17.6. The van der Waals surface area contributed by atoms with E-state index < -0.39 is 62.3 Å². The highest BCUT2D eigenvalue weighted by atomic mass is 28.3. The standard InChI is InChI=1S/C39H49N3O11Si/c1-22-35(54(4,5)26-14-12-25(51-3)13-15-26)29(20-30(44)42(17-18-43)21-23-9-7-6-8-10-23)53-39(22)27-19-24(11-16-28(27)41(2)38(39)50)40-36(48)34-32(46)31(45)33(47)37(49)52-34/h6-16,19,22,29,31-35,37,43,45-47,49H,17-18,20-21H2,1-5H3,(H,40,48)/t22-,29+,31+,32+,33-,34+,35-,37-,39+/m1/s1. The van der Waals surface area contributed by atoms with Crippen LogP contribution in [0.2, 0.25) is 18.6 Å². The molecule has 54 heavy (non-hydrogen) atoms. The van der Waals surface area contributed by atoms with Crippen molar-refractivity contribution in [3.63, 3.8) is 0 Å². The molecule has 6 N–H and O–H groups in total. The Kier molecular flexibility index (Phi) is 11.3. The lowest BCUT2D eigenvalue weighted by Gasteiger charge is -2.37. The number of rotatable bonds is 11.